The molecule has 1 aliphatic rings. The molecule has 0 N–H and O–H groups in total. The van der Waals surface area contributed by atoms with Crippen molar-refractivity contribution >= 4 is 5.97 Å². The van der Waals surface area contributed by atoms with Crippen molar-refractivity contribution in [2.45, 2.75) is 57.6 Å². The van der Waals surface area contributed by atoms with E-state index in [1.807, 2.05) is 19.3 Å². The van der Waals surface area contributed by atoms with E-state index in [4.69, 9.17) is 9.47 Å². The Labute approximate surface area is 186 Å². The molecule has 1 fully saturated rings. The van der Waals surface area contributed by atoms with Crippen LogP contribution in [0.5, 0.6) is 6.01 Å². The second-order valence-corrected chi connectivity index (χ2v) is 7.95. The normalized spacial score (nSPS) is 18.3. The van der Waals surface area contributed by atoms with E-state index in [9.17, 15) is 9.18 Å². The summed E-state index contributed by atoms with van der Waals surface area (Å²) in [6, 6.07) is 8.56. The minimum absolute atomic E-state index is 0.0343. The lowest BCUT2D eigenvalue weighted by Gasteiger charge is -2.30. The predicted molar refractivity (Wildman–Crippen MR) is 117 cm³/mol. The Kier molecular flexibility index (Phi) is 6.78. The van der Waals surface area contributed by atoms with Crippen LogP contribution in [0, 0.1) is 5.82 Å². The third-order valence-electron chi connectivity index (χ3n) is 5.76. The van der Waals surface area contributed by atoms with Gasteiger partial charge in [0, 0.05) is 24.2 Å². The van der Waals surface area contributed by atoms with Crippen molar-refractivity contribution in [2.75, 3.05) is 7.11 Å². The van der Waals surface area contributed by atoms with Crippen molar-refractivity contribution in [3.05, 3.63) is 48.7 Å². The van der Waals surface area contributed by atoms with Gasteiger partial charge in [-0.25, -0.2) is 14.4 Å². The van der Waals surface area contributed by atoms with Gasteiger partial charge in [-0.1, -0.05) is 6.92 Å². The minimum atomic E-state index is -0.297. The fourth-order valence-electron chi connectivity index (χ4n) is 4.17. The van der Waals surface area contributed by atoms with Gasteiger partial charge in [0.25, 0.3) is 0 Å². The predicted octanol–water partition coefficient (Wildman–Crippen LogP) is 4.98. The third kappa shape index (κ3) is 4.79. The summed E-state index contributed by atoms with van der Waals surface area (Å²) >= 11 is 0. The zero-order valence-corrected chi connectivity index (χ0v) is 18.3. The van der Waals surface area contributed by atoms with Crippen molar-refractivity contribution in [3.8, 4) is 28.7 Å². The molecule has 0 atom stereocenters. The molecule has 32 heavy (non-hydrogen) atoms. The molecule has 0 bridgehead atoms. The average molecular weight is 439 g/mol. The van der Waals surface area contributed by atoms with Crippen molar-refractivity contribution in [3.63, 3.8) is 0 Å². The quantitative estimate of drug-likeness (QED) is 0.484. The van der Waals surface area contributed by atoms with E-state index in [2.05, 4.69) is 19.5 Å². The van der Waals surface area contributed by atoms with Crippen LogP contribution in [-0.4, -0.2) is 38.7 Å². The van der Waals surface area contributed by atoms with Crippen LogP contribution in [0.2, 0.25) is 0 Å². The molecular formula is C24H27FN4O3. The lowest BCUT2D eigenvalue weighted by molar-refractivity contribution is -0.150. The van der Waals surface area contributed by atoms with E-state index in [0.717, 1.165) is 49.1 Å². The van der Waals surface area contributed by atoms with Crippen LogP contribution < -0.4 is 4.74 Å². The van der Waals surface area contributed by atoms with E-state index in [1.165, 1.54) is 19.2 Å². The summed E-state index contributed by atoms with van der Waals surface area (Å²) < 4.78 is 26.5. The van der Waals surface area contributed by atoms with Crippen LogP contribution in [0.1, 0.15) is 51.5 Å². The van der Waals surface area contributed by atoms with Gasteiger partial charge < -0.3 is 14.0 Å². The third-order valence-corrected chi connectivity index (χ3v) is 5.76. The van der Waals surface area contributed by atoms with Gasteiger partial charge in [0.05, 0.1) is 30.5 Å². The second-order valence-electron chi connectivity index (χ2n) is 7.95. The van der Waals surface area contributed by atoms with Crippen molar-refractivity contribution in [2.24, 2.45) is 0 Å². The second kappa shape index (κ2) is 9.89. The Bertz CT molecular complexity index is 1060. The largest absolute Gasteiger partial charge is 0.467 e. The summed E-state index contributed by atoms with van der Waals surface area (Å²) in [4.78, 5) is 25.2. The summed E-state index contributed by atoms with van der Waals surface area (Å²) in [5.74, 6) is -0.416. The standard InChI is InChI=1S/C24H27FN4O3/c1-3-4-21(30)32-19-11-9-18(10-12-19)29-15-27-22(16-5-7-17(25)8-6-16)23(29)20-13-14-26-24(28-20)31-2/h5-8,13-15,18-19H,3-4,9-12H2,1-2H3/t18-,19-. The van der Waals surface area contributed by atoms with Gasteiger partial charge in [0.2, 0.25) is 0 Å². The molecule has 8 heteroatoms. The first-order valence-corrected chi connectivity index (χ1v) is 11.0. The lowest BCUT2D eigenvalue weighted by atomic mass is 9.92. The molecule has 1 saturated carbocycles. The molecule has 3 aromatic rings. The minimum Gasteiger partial charge on any atom is -0.467 e. The van der Waals surface area contributed by atoms with Gasteiger partial charge in [-0.15, -0.1) is 0 Å². The highest BCUT2D eigenvalue weighted by atomic mass is 19.1. The number of esters is 1. The van der Waals surface area contributed by atoms with Gasteiger partial charge in [0.1, 0.15) is 11.9 Å². The van der Waals surface area contributed by atoms with Gasteiger partial charge in [-0.05, 0) is 62.4 Å². The molecule has 0 radical (unpaired) electrons. The molecule has 168 valence electrons. The van der Waals surface area contributed by atoms with E-state index in [1.54, 1.807) is 18.3 Å². The van der Waals surface area contributed by atoms with Crippen molar-refractivity contribution < 1.29 is 18.7 Å². The summed E-state index contributed by atoms with van der Waals surface area (Å²) in [6.45, 7) is 1.97. The number of rotatable bonds is 7. The molecule has 4 rings (SSSR count). The number of ether oxygens (including phenoxy) is 2. The number of benzene rings is 1. The highest BCUT2D eigenvalue weighted by Crippen LogP contribution is 2.38. The molecule has 0 unspecified atom stereocenters. The van der Waals surface area contributed by atoms with Gasteiger partial charge in [-0.2, -0.15) is 4.98 Å². The highest BCUT2D eigenvalue weighted by Gasteiger charge is 2.28. The number of imidazole rings is 1. The summed E-state index contributed by atoms with van der Waals surface area (Å²) in [7, 11) is 1.53. The number of methoxy groups -OCH3 is 1. The van der Waals surface area contributed by atoms with Gasteiger partial charge in [0.15, 0.2) is 0 Å². The number of nitrogens with zero attached hydrogens (tertiary/aromatic N) is 4. The first kappa shape index (κ1) is 21.9. The van der Waals surface area contributed by atoms with E-state index < -0.39 is 0 Å². The number of hydrogen-bond acceptors (Lipinski definition) is 6. The highest BCUT2D eigenvalue weighted by molar-refractivity contribution is 5.77. The number of halogens is 1. The van der Waals surface area contributed by atoms with Crippen molar-refractivity contribution in [1.29, 1.82) is 0 Å². The first-order valence-electron chi connectivity index (χ1n) is 11.0. The van der Waals surface area contributed by atoms with E-state index >= 15 is 0 Å². The van der Waals surface area contributed by atoms with E-state index in [0.29, 0.717) is 12.1 Å². The summed E-state index contributed by atoms with van der Waals surface area (Å²) in [6.07, 6.45) is 8.01. The fraction of sp³-hybridized carbons (Fsp3) is 0.417. The maximum absolute atomic E-state index is 13.5. The van der Waals surface area contributed by atoms with Gasteiger partial charge in [-0.3, -0.25) is 4.79 Å². The lowest BCUT2D eigenvalue weighted by Crippen LogP contribution is -2.26. The van der Waals surface area contributed by atoms with Gasteiger partial charge >= 0.3 is 12.0 Å². The topological polar surface area (TPSA) is 79.1 Å². The molecule has 1 aromatic carbocycles. The SMILES string of the molecule is CCCC(=O)O[C@H]1CC[C@H](n2cnc(-c3ccc(F)cc3)c2-c2ccnc(OC)n2)CC1. The Morgan fingerprint density at radius 3 is 2.56 bits per heavy atom. The summed E-state index contributed by atoms with van der Waals surface area (Å²) in [5, 5.41) is 0. The first-order chi connectivity index (χ1) is 15.6. The smallest absolute Gasteiger partial charge is 0.316 e. The number of carbonyl (C=O) groups is 1. The fourth-order valence-corrected chi connectivity index (χ4v) is 4.17. The molecule has 2 heterocycles. The number of carbonyl (C=O) groups excluding carboxylic acids is 1. The Balaban J connectivity index is 1.64. The maximum Gasteiger partial charge on any atom is 0.316 e. The van der Waals surface area contributed by atoms with E-state index in [-0.39, 0.29) is 29.9 Å². The molecule has 0 aliphatic heterocycles. The van der Waals surface area contributed by atoms with Crippen LogP contribution >= 0.6 is 0 Å². The van der Waals surface area contributed by atoms with Crippen LogP contribution in [0.15, 0.2) is 42.9 Å². The zero-order chi connectivity index (χ0) is 22.5. The summed E-state index contributed by atoms with van der Waals surface area (Å²) in [5.41, 5.74) is 3.05. The van der Waals surface area contributed by atoms with Crippen LogP contribution in [-0.2, 0) is 9.53 Å². The number of aromatic nitrogens is 4. The monoisotopic (exact) mass is 438 g/mol. The molecule has 1 aliphatic carbocycles. The molecule has 2 aromatic heterocycles. The zero-order valence-electron chi connectivity index (χ0n) is 18.3. The number of hydrogen-bond donors (Lipinski definition) is 0. The Morgan fingerprint density at radius 1 is 1.12 bits per heavy atom. The molecule has 0 spiro atoms. The van der Waals surface area contributed by atoms with Crippen LogP contribution in [0.4, 0.5) is 4.39 Å². The molecule has 7 nitrogen and oxygen atoms in total. The average Bonchev–Trinajstić information content (AvgIpc) is 3.25. The van der Waals surface area contributed by atoms with Crippen LogP contribution in [0.25, 0.3) is 22.6 Å². The maximum atomic E-state index is 13.5. The van der Waals surface area contributed by atoms with Crippen LogP contribution in [0.3, 0.4) is 0 Å². The molecule has 0 amide bonds. The molecular weight excluding hydrogens is 411 g/mol. The van der Waals surface area contributed by atoms with Crippen molar-refractivity contribution in [1.82, 2.24) is 19.5 Å². The Hall–Kier alpha value is -3.29. The Morgan fingerprint density at radius 2 is 1.88 bits per heavy atom. The molecule has 0 saturated heterocycles.